The highest BCUT2D eigenvalue weighted by atomic mass is 32.2. The van der Waals surface area contributed by atoms with Crippen LogP contribution in [0, 0.1) is 0 Å². The maximum absolute atomic E-state index is 12.8. The molecule has 3 aromatic rings. The fraction of sp³-hybridized carbons (Fsp3) is 0.381. The number of nitrogens with two attached hydrogens (primary N) is 1. The topological polar surface area (TPSA) is 126 Å². The number of carbonyl (C=O) groups is 1. The van der Waals surface area contributed by atoms with Crippen LogP contribution in [-0.2, 0) is 14.8 Å². The second-order valence-corrected chi connectivity index (χ2v) is 9.23. The molecule has 0 aliphatic heterocycles. The number of carbonyl (C=O) groups excluding carboxylic acids is 1. The normalized spacial score (nSPS) is 12.0. The number of sulfonamides is 1. The molecule has 0 unspecified atom stereocenters. The maximum Gasteiger partial charge on any atom is 0.339 e. The molecule has 2 aromatic heterocycles. The first-order valence-electron chi connectivity index (χ1n) is 9.89. The van der Waals surface area contributed by atoms with E-state index in [1.54, 1.807) is 16.9 Å². The monoisotopic (exact) mass is 446 g/mol. The summed E-state index contributed by atoms with van der Waals surface area (Å²) in [4.78, 5) is 17.4. The fourth-order valence-corrected chi connectivity index (χ4v) is 3.49. The van der Waals surface area contributed by atoms with Gasteiger partial charge in [0, 0.05) is 11.7 Å². The lowest BCUT2D eigenvalue weighted by Crippen LogP contribution is -2.14. The van der Waals surface area contributed by atoms with E-state index in [1.807, 2.05) is 27.7 Å². The van der Waals surface area contributed by atoms with Crippen LogP contribution >= 0.6 is 0 Å². The summed E-state index contributed by atoms with van der Waals surface area (Å²) < 4.78 is 35.2. The number of benzene rings is 1. The van der Waals surface area contributed by atoms with Crippen LogP contribution in [0.3, 0.4) is 0 Å². The Morgan fingerprint density at radius 3 is 2.39 bits per heavy atom. The van der Waals surface area contributed by atoms with Gasteiger partial charge in [-0.2, -0.15) is 5.10 Å². The molecule has 0 aliphatic rings. The summed E-state index contributed by atoms with van der Waals surface area (Å²) in [6.45, 7) is 8.15. The van der Waals surface area contributed by atoms with Crippen molar-refractivity contribution >= 4 is 27.0 Å². The number of primary sulfonamides is 1. The molecule has 0 saturated heterocycles. The molecular formula is C21H26N4O5S. The number of aromatic nitrogens is 3. The first kappa shape index (κ1) is 22.7. The Labute approximate surface area is 181 Å². The predicted octanol–water partition coefficient (Wildman–Crippen LogP) is 3.02. The summed E-state index contributed by atoms with van der Waals surface area (Å²) in [5.41, 5.74) is 1.85. The first-order valence-corrected chi connectivity index (χ1v) is 11.4. The lowest BCUT2D eigenvalue weighted by atomic mass is 10.1. The van der Waals surface area contributed by atoms with Gasteiger partial charge in [0.1, 0.15) is 19.0 Å². The highest BCUT2D eigenvalue weighted by Gasteiger charge is 2.20. The van der Waals surface area contributed by atoms with Gasteiger partial charge in [0.2, 0.25) is 10.0 Å². The zero-order valence-electron chi connectivity index (χ0n) is 17.9. The zero-order valence-corrected chi connectivity index (χ0v) is 18.7. The van der Waals surface area contributed by atoms with Gasteiger partial charge in [0.05, 0.1) is 22.0 Å². The molecule has 9 nitrogen and oxygen atoms in total. The highest BCUT2D eigenvalue weighted by Crippen LogP contribution is 2.25. The van der Waals surface area contributed by atoms with Crippen molar-refractivity contribution in [1.82, 2.24) is 14.8 Å². The molecule has 166 valence electrons. The molecule has 0 bridgehead atoms. The minimum atomic E-state index is -3.76. The molecule has 0 fully saturated rings. The van der Waals surface area contributed by atoms with Crippen LogP contribution in [0.25, 0.3) is 11.0 Å². The second-order valence-electron chi connectivity index (χ2n) is 7.67. The number of rotatable bonds is 8. The van der Waals surface area contributed by atoms with Crippen molar-refractivity contribution in [1.29, 1.82) is 0 Å². The Morgan fingerprint density at radius 2 is 1.81 bits per heavy atom. The first-order chi connectivity index (χ1) is 14.6. The van der Waals surface area contributed by atoms with Gasteiger partial charge in [0.15, 0.2) is 5.65 Å². The average molecular weight is 447 g/mol. The Bertz CT molecular complexity index is 1180. The van der Waals surface area contributed by atoms with E-state index in [0.29, 0.717) is 22.3 Å². The molecule has 2 N–H and O–H groups in total. The molecule has 1 aromatic carbocycles. The number of esters is 1. The van der Waals surface area contributed by atoms with E-state index in [4.69, 9.17) is 14.6 Å². The molecule has 10 heteroatoms. The summed E-state index contributed by atoms with van der Waals surface area (Å²) in [5, 5.41) is 10.1. The molecule has 0 atom stereocenters. The highest BCUT2D eigenvalue weighted by molar-refractivity contribution is 7.89. The van der Waals surface area contributed by atoms with Crippen molar-refractivity contribution in [2.75, 3.05) is 13.2 Å². The average Bonchev–Trinajstić information content (AvgIpc) is 3.14. The summed E-state index contributed by atoms with van der Waals surface area (Å²) in [6, 6.07) is 7.53. The summed E-state index contributed by atoms with van der Waals surface area (Å²) in [7, 11) is -3.76. The SMILES string of the molecule is CC(C)c1cc(C(=O)OCCOc2ccc(S(N)(=O)=O)cc2)c2cnn(C(C)C)c2n1. The van der Waals surface area contributed by atoms with Gasteiger partial charge in [-0.25, -0.2) is 28.0 Å². The van der Waals surface area contributed by atoms with Crippen molar-refractivity contribution in [3.05, 3.63) is 47.8 Å². The Balaban J connectivity index is 1.69. The van der Waals surface area contributed by atoms with Crippen molar-refractivity contribution in [3.63, 3.8) is 0 Å². The second kappa shape index (κ2) is 9.03. The van der Waals surface area contributed by atoms with Crippen LogP contribution in [0.1, 0.15) is 55.7 Å². The van der Waals surface area contributed by atoms with E-state index in [-0.39, 0.29) is 30.1 Å². The lowest BCUT2D eigenvalue weighted by Gasteiger charge is -2.12. The summed E-state index contributed by atoms with van der Waals surface area (Å²) in [6.07, 6.45) is 1.63. The van der Waals surface area contributed by atoms with Crippen LogP contribution < -0.4 is 9.88 Å². The third kappa shape index (κ3) is 5.20. The van der Waals surface area contributed by atoms with Crippen molar-refractivity contribution in [2.24, 2.45) is 5.14 Å². The number of fused-ring (bicyclic) bond motifs is 1. The molecule has 0 spiro atoms. The number of ether oxygens (including phenoxy) is 2. The Morgan fingerprint density at radius 1 is 1.13 bits per heavy atom. The maximum atomic E-state index is 12.8. The standard InChI is InChI=1S/C21H26N4O5S/c1-13(2)19-11-17(18-12-23-25(14(3)4)20(18)24-19)21(26)30-10-9-29-15-5-7-16(8-6-15)31(22,27)28/h5-8,11-14H,9-10H2,1-4H3,(H2,22,27,28). The van der Waals surface area contributed by atoms with E-state index in [0.717, 1.165) is 5.69 Å². The number of nitrogens with zero attached hydrogens (tertiary/aromatic N) is 3. The molecule has 31 heavy (non-hydrogen) atoms. The van der Waals surface area contributed by atoms with Crippen molar-refractivity contribution in [3.8, 4) is 5.75 Å². The quantitative estimate of drug-likeness (QED) is 0.416. The van der Waals surface area contributed by atoms with Crippen LogP contribution in [0.15, 0.2) is 41.4 Å². The summed E-state index contributed by atoms with van der Waals surface area (Å²) in [5.74, 6) is 0.0935. The molecule has 3 rings (SSSR count). The smallest absolute Gasteiger partial charge is 0.339 e. The van der Waals surface area contributed by atoms with Gasteiger partial charge in [0.25, 0.3) is 0 Å². The minimum Gasteiger partial charge on any atom is -0.490 e. The van der Waals surface area contributed by atoms with Crippen LogP contribution in [0.5, 0.6) is 5.75 Å². The molecule has 2 heterocycles. The number of hydrogen-bond donors (Lipinski definition) is 1. The number of pyridine rings is 1. The zero-order chi connectivity index (χ0) is 22.8. The van der Waals surface area contributed by atoms with E-state index in [2.05, 4.69) is 10.1 Å². The van der Waals surface area contributed by atoms with E-state index in [1.165, 1.54) is 24.3 Å². The van der Waals surface area contributed by atoms with Gasteiger partial charge in [-0.05, 0) is 50.1 Å². The van der Waals surface area contributed by atoms with Crippen LogP contribution in [0.2, 0.25) is 0 Å². The molecular weight excluding hydrogens is 420 g/mol. The van der Waals surface area contributed by atoms with Gasteiger partial charge < -0.3 is 9.47 Å². The lowest BCUT2D eigenvalue weighted by molar-refractivity contribution is 0.0452. The number of hydrogen-bond acceptors (Lipinski definition) is 7. The Kier molecular flexibility index (Phi) is 6.61. The molecule has 0 radical (unpaired) electrons. The van der Waals surface area contributed by atoms with Gasteiger partial charge >= 0.3 is 5.97 Å². The van der Waals surface area contributed by atoms with E-state index < -0.39 is 16.0 Å². The molecule has 0 amide bonds. The minimum absolute atomic E-state index is 0.00381. The van der Waals surface area contributed by atoms with Gasteiger partial charge in [-0.1, -0.05) is 13.8 Å². The third-order valence-electron chi connectivity index (χ3n) is 4.62. The fourth-order valence-electron chi connectivity index (χ4n) is 2.98. The third-order valence-corrected chi connectivity index (χ3v) is 5.55. The van der Waals surface area contributed by atoms with E-state index >= 15 is 0 Å². The molecule has 0 saturated carbocycles. The largest absolute Gasteiger partial charge is 0.490 e. The van der Waals surface area contributed by atoms with Gasteiger partial charge in [-0.15, -0.1) is 0 Å². The van der Waals surface area contributed by atoms with Crippen LogP contribution in [0.4, 0.5) is 0 Å². The summed E-state index contributed by atoms with van der Waals surface area (Å²) >= 11 is 0. The van der Waals surface area contributed by atoms with Crippen molar-refractivity contribution < 1.29 is 22.7 Å². The predicted molar refractivity (Wildman–Crippen MR) is 116 cm³/mol. The molecule has 0 aliphatic carbocycles. The Hall–Kier alpha value is -2.98. The van der Waals surface area contributed by atoms with Gasteiger partial charge in [-0.3, -0.25) is 0 Å². The van der Waals surface area contributed by atoms with E-state index in [9.17, 15) is 13.2 Å². The van der Waals surface area contributed by atoms with Crippen LogP contribution in [-0.4, -0.2) is 42.4 Å². The van der Waals surface area contributed by atoms with Crippen molar-refractivity contribution in [2.45, 2.75) is 44.6 Å².